The molecule has 0 bridgehead atoms. The van der Waals surface area contributed by atoms with E-state index in [1.165, 1.54) is 0 Å². The van der Waals surface area contributed by atoms with E-state index >= 15 is 0 Å². The Morgan fingerprint density at radius 2 is 1.61 bits per heavy atom. The first-order valence-electron chi connectivity index (χ1n) is 9.57. The van der Waals surface area contributed by atoms with Gasteiger partial charge in [0.15, 0.2) is 5.82 Å². The van der Waals surface area contributed by atoms with Gasteiger partial charge in [0.2, 0.25) is 0 Å². The van der Waals surface area contributed by atoms with Crippen LogP contribution in [0.3, 0.4) is 0 Å². The Balaban J connectivity index is 1.98. The highest BCUT2D eigenvalue weighted by atomic mass is 35.5. The number of aromatic nitrogens is 2. The van der Waals surface area contributed by atoms with Crippen LogP contribution in [-0.4, -0.2) is 41.0 Å². The van der Waals surface area contributed by atoms with Gasteiger partial charge in [-0.1, -0.05) is 67.9 Å². The molecule has 0 radical (unpaired) electrons. The summed E-state index contributed by atoms with van der Waals surface area (Å²) in [6.07, 6.45) is 0. The van der Waals surface area contributed by atoms with Crippen LogP contribution in [0, 0.1) is 0 Å². The Labute approximate surface area is 171 Å². The molecular formula is C22H26ClN5. The van der Waals surface area contributed by atoms with Crippen LogP contribution >= 0.6 is 11.6 Å². The molecule has 0 saturated heterocycles. The molecule has 5 nitrogen and oxygen atoms in total. The van der Waals surface area contributed by atoms with E-state index in [1.54, 1.807) is 0 Å². The van der Waals surface area contributed by atoms with Crippen molar-refractivity contribution in [1.29, 1.82) is 0 Å². The molecule has 0 spiro atoms. The molecule has 28 heavy (non-hydrogen) atoms. The van der Waals surface area contributed by atoms with Crippen LogP contribution in [-0.2, 0) is 0 Å². The minimum Gasteiger partial charge on any atom is -0.383 e. The Morgan fingerprint density at radius 1 is 0.929 bits per heavy atom. The molecule has 146 valence electrons. The van der Waals surface area contributed by atoms with Gasteiger partial charge in [0.05, 0.1) is 5.56 Å². The van der Waals surface area contributed by atoms with Gasteiger partial charge in [0.1, 0.15) is 11.6 Å². The summed E-state index contributed by atoms with van der Waals surface area (Å²) in [6, 6.07) is 17.4. The smallest absolute Gasteiger partial charge is 0.163 e. The quantitative estimate of drug-likeness (QED) is 0.573. The summed E-state index contributed by atoms with van der Waals surface area (Å²) >= 11 is 6.05. The third-order valence-electron chi connectivity index (χ3n) is 4.72. The van der Waals surface area contributed by atoms with Crippen LogP contribution in [0.4, 0.5) is 11.6 Å². The van der Waals surface area contributed by atoms with E-state index < -0.39 is 0 Å². The number of anilines is 2. The Kier molecular flexibility index (Phi) is 6.85. The largest absolute Gasteiger partial charge is 0.383 e. The summed E-state index contributed by atoms with van der Waals surface area (Å²) in [5, 5.41) is 4.15. The van der Waals surface area contributed by atoms with Gasteiger partial charge in [-0.05, 0) is 30.8 Å². The number of hydrogen-bond acceptors (Lipinski definition) is 5. The standard InChI is InChI=1S/C22H26ClN5/c1-3-28(4-2)15-14-25-22-19(16-10-12-18(23)13-11-16)20(24)26-21(27-22)17-8-6-5-7-9-17/h5-13H,3-4,14-15H2,1-2H3,(H3,24,25,26,27). The molecule has 3 aromatic rings. The number of nitrogen functional groups attached to an aromatic ring is 1. The molecule has 0 aliphatic heterocycles. The summed E-state index contributed by atoms with van der Waals surface area (Å²) in [7, 11) is 0. The average Bonchev–Trinajstić information content (AvgIpc) is 2.72. The first-order chi connectivity index (χ1) is 13.6. The molecule has 0 amide bonds. The number of nitrogens with two attached hydrogens (primary N) is 1. The van der Waals surface area contributed by atoms with Crippen molar-refractivity contribution in [2.24, 2.45) is 0 Å². The predicted molar refractivity (Wildman–Crippen MR) is 119 cm³/mol. The number of likely N-dealkylation sites (N-methyl/N-ethyl adjacent to an activating group) is 1. The Morgan fingerprint density at radius 3 is 2.25 bits per heavy atom. The van der Waals surface area contributed by atoms with Gasteiger partial charge < -0.3 is 16.0 Å². The normalized spacial score (nSPS) is 11.0. The molecule has 0 saturated carbocycles. The van der Waals surface area contributed by atoms with Crippen molar-refractivity contribution >= 4 is 23.2 Å². The molecule has 0 fully saturated rings. The molecule has 3 rings (SSSR count). The van der Waals surface area contributed by atoms with Crippen LogP contribution in [0.1, 0.15) is 13.8 Å². The fraction of sp³-hybridized carbons (Fsp3) is 0.273. The van der Waals surface area contributed by atoms with Crippen molar-refractivity contribution in [1.82, 2.24) is 14.9 Å². The summed E-state index contributed by atoms with van der Waals surface area (Å²) < 4.78 is 0. The van der Waals surface area contributed by atoms with E-state index in [-0.39, 0.29) is 0 Å². The van der Waals surface area contributed by atoms with Crippen LogP contribution in [0.15, 0.2) is 54.6 Å². The van der Waals surface area contributed by atoms with Crippen LogP contribution < -0.4 is 11.1 Å². The lowest BCUT2D eigenvalue weighted by Crippen LogP contribution is -2.29. The molecule has 2 aromatic carbocycles. The average molecular weight is 396 g/mol. The van der Waals surface area contributed by atoms with Crippen molar-refractivity contribution in [3.05, 3.63) is 59.6 Å². The summed E-state index contributed by atoms with van der Waals surface area (Å²) in [5.74, 6) is 1.79. The number of nitrogens with zero attached hydrogens (tertiary/aromatic N) is 3. The zero-order valence-corrected chi connectivity index (χ0v) is 17.1. The molecule has 6 heteroatoms. The number of nitrogens with one attached hydrogen (secondary N) is 1. The second kappa shape index (κ2) is 9.53. The van der Waals surface area contributed by atoms with E-state index in [4.69, 9.17) is 22.3 Å². The van der Waals surface area contributed by atoms with E-state index in [2.05, 4.69) is 29.0 Å². The molecule has 1 aromatic heterocycles. The first-order valence-corrected chi connectivity index (χ1v) is 9.95. The molecule has 0 aliphatic rings. The van der Waals surface area contributed by atoms with Gasteiger partial charge in [-0.2, -0.15) is 0 Å². The molecule has 3 N–H and O–H groups in total. The maximum Gasteiger partial charge on any atom is 0.163 e. The van der Waals surface area contributed by atoms with Gasteiger partial charge in [0, 0.05) is 23.7 Å². The third-order valence-corrected chi connectivity index (χ3v) is 4.97. The SMILES string of the molecule is CCN(CC)CCNc1nc(-c2ccccc2)nc(N)c1-c1ccc(Cl)cc1. The second-order valence-electron chi connectivity index (χ2n) is 6.48. The van der Waals surface area contributed by atoms with Crippen molar-refractivity contribution in [2.75, 3.05) is 37.2 Å². The lowest BCUT2D eigenvalue weighted by molar-refractivity contribution is 0.316. The summed E-state index contributed by atoms with van der Waals surface area (Å²) in [5.41, 5.74) is 9.05. The third kappa shape index (κ3) is 4.80. The van der Waals surface area contributed by atoms with Crippen LogP contribution in [0.5, 0.6) is 0 Å². The first kappa shape index (κ1) is 20.1. The summed E-state index contributed by atoms with van der Waals surface area (Å²) in [4.78, 5) is 11.7. The maximum atomic E-state index is 6.38. The van der Waals surface area contributed by atoms with E-state index in [0.29, 0.717) is 16.7 Å². The fourth-order valence-electron chi connectivity index (χ4n) is 3.10. The molecule has 1 heterocycles. The van der Waals surface area contributed by atoms with E-state index in [0.717, 1.165) is 48.7 Å². The fourth-order valence-corrected chi connectivity index (χ4v) is 3.22. The van der Waals surface area contributed by atoms with Gasteiger partial charge in [-0.15, -0.1) is 0 Å². The number of hydrogen-bond donors (Lipinski definition) is 2. The highest BCUT2D eigenvalue weighted by Crippen LogP contribution is 2.33. The van der Waals surface area contributed by atoms with Gasteiger partial charge in [-0.25, -0.2) is 9.97 Å². The van der Waals surface area contributed by atoms with Crippen molar-refractivity contribution in [2.45, 2.75) is 13.8 Å². The number of rotatable bonds is 8. The van der Waals surface area contributed by atoms with Crippen LogP contribution in [0.2, 0.25) is 5.02 Å². The molecule has 0 atom stereocenters. The summed E-state index contributed by atoms with van der Waals surface area (Å²) in [6.45, 7) is 8.06. The predicted octanol–water partition coefficient (Wildman–Crippen LogP) is 4.80. The van der Waals surface area contributed by atoms with Crippen LogP contribution in [0.25, 0.3) is 22.5 Å². The minimum absolute atomic E-state index is 0.446. The monoisotopic (exact) mass is 395 g/mol. The molecular weight excluding hydrogens is 370 g/mol. The van der Waals surface area contributed by atoms with Gasteiger partial charge in [-0.3, -0.25) is 0 Å². The van der Waals surface area contributed by atoms with E-state index in [9.17, 15) is 0 Å². The van der Waals surface area contributed by atoms with Gasteiger partial charge in [0.25, 0.3) is 0 Å². The van der Waals surface area contributed by atoms with Crippen molar-refractivity contribution in [3.8, 4) is 22.5 Å². The number of benzene rings is 2. The highest BCUT2D eigenvalue weighted by molar-refractivity contribution is 6.30. The Bertz CT molecular complexity index is 893. The molecule has 0 aliphatic carbocycles. The zero-order valence-electron chi connectivity index (χ0n) is 16.3. The van der Waals surface area contributed by atoms with E-state index in [1.807, 2.05) is 54.6 Å². The topological polar surface area (TPSA) is 67.1 Å². The lowest BCUT2D eigenvalue weighted by atomic mass is 10.1. The molecule has 0 unspecified atom stereocenters. The second-order valence-corrected chi connectivity index (χ2v) is 6.92. The lowest BCUT2D eigenvalue weighted by Gasteiger charge is -2.20. The Hall–Kier alpha value is -2.63. The number of halogens is 1. The van der Waals surface area contributed by atoms with Crippen molar-refractivity contribution < 1.29 is 0 Å². The zero-order chi connectivity index (χ0) is 19.9. The van der Waals surface area contributed by atoms with Crippen molar-refractivity contribution in [3.63, 3.8) is 0 Å². The minimum atomic E-state index is 0.446. The highest BCUT2D eigenvalue weighted by Gasteiger charge is 2.15. The maximum absolute atomic E-state index is 6.38. The van der Waals surface area contributed by atoms with Gasteiger partial charge >= 0.3 is 0 Å².